The fourth-order valence-corrected chi connectivity index (χ4v) is 2.29. The van der Waals surface area contributed by atoms with E-state index in [1.165, 1.54) is 7.11 Å². The van der Waals surface area contributed by atoms with Gasteiger partial charge in [-0.15, -0.1) is 6.58 Å². The molecule has 1 heterocycles. The standard InChI is InChI=1S/C16H17NO2/c1-4-5-8-13-12-9-6-7-10-14(12)17-11(2)15(13)16(18)19-3/h4,6-7,9-10H,1,5,8H2,2-3H3. The second kappa shape index (κ2) is 5.65. The lowest BCUT2D eigenvalue weighted by Gasteiger charge is -2.13. The molecule has 19 heavy (non-hydrogen) atoms. The Hall–Kier alpha value is -2.16. The molecule has 0 unspecified atom stereocenters. The van der Waals surface area contributed by atoms with Crippen molar-refractivity contribution in [2.75, 3.05) is 7.11 Å². The molecule has 2 rings (SSSR count). The molecule has 0 aliphatic heterocycles. The lowest BCUT2D eigenvalue weighted by molar-refractivity contribution is 0.0598. The van der Waals surface area contributed by atoms with Crippen molar-refractivity contribution in [2.45, 2.75) is 19.8 Å². The van der Waals surface area contributed by atoms with E-state index in [2.05, 4.69) is 11.6 Å². The SMILES string of the molecule is C=CCCc1c(C(=O)OC)c(C)nc2ccccc12. The number of carbonyl (C=O) groups is 1. The van der Waals surface area contributed by atoms with E-state index in [4.69, 9.17) is 4.74 Å². The largest absolute Gasteiger partial charge is 0.465 e. The van der Waals surface area contributed by atoms with Gasteiger partial charge in [0.25, 0.3) is 0 Å². The summed E-state index contributed by atoms with van der Waals surface area (Å²) in [6.07, 6.45) is 3.43. The Morgan fingerprint density at radius 2 is 2.16 bits per heavy atom. The molecular formula is C16H17NO2. The highest BCUT2D eigenvalue weighted by Crippen LogP contribution is 2.25. The topological polar surface area (TPSA) is 39.2 Å². The second-order valence-corrected chi connectivity index (χ2v) is 4.39. The van der Waals surface area contributed by atoms with E-state index >= 15 is 0 Å². The summed E-state index contributed by atoms with van der Waals surface area (Å²) in [4.78, 5) is 16.5. The first-order valence-corrected chi connectivity index (χ1v) is 6.26. The summed E-state index contributed by atoms with van der Waals surface area (Å²) in [5.41, 5.74) is 3.20. The van der Waals surface area contributed by atoms with Crippen LogP contribution in [0.25, 0.3) is 10.9 Å². The third-order valence-corrected chi connectivity index (χ3v) is 3.17. The molecule has 0 N–H and O–H groups in total. The average molecular weight is 255 g/mol. The summed E-state index contributed by atoms with van der Waals surface area (Å²) in [6.45, 7) is 5.58. The van der Waals surface area contributed by atoms with Gasteiger partial charge in [-0.2, -0.15) is 0 Å². The molecule has 3 heteroatoms. The number of esters is 1. The van der Waals surface area contributed by atoms with Crippen molar-refractivity contribution in [3.05, 3.63) is 53.7 Å². The number of benzene rings is 1. The monoisotopic (exact) mass is 255 g/mol. The Kier molecular flexibility index (Phi) is 3.95. The molecule has 0 radical (unpaired) electrons. The Bertz CT molecular complexity index is 632. The molecular weight excluding hydrogens is 238 g/mol. The number of fused-ring (bicyclic) bond motifs is 1. The van der Waals surface area contributed by atoms with Crippen molar-refractivity contribution in [3.63, 3.8) is 0 Å². The number of para-hydroxylation sites is 1. The molecule has 0 bridgehead atoms. The van der Waals surface area contributed by atoms with Gasteiger partial charge < -0.3 is 4.74 Å². The van der Waals surface area contributed by atoms with Gasteiger partial charge in [0.05, 0.1) is 23.9 Å². The number of hydrogen-bond donors (Lipinski definition) is 0. The fourth-order valence-electron chi connectivity index (χ4n) is 2.29. The van der Waals surface area contributed by atoms with Crippen LogP contribution in [0.1, 0.15) is 28.0 Å². The number of aryl methyl sites for hydroxylation is 2. The van der Waals surface area contributed by atoms with Crippen LogP contribution in [0.15, 0.2) is 36.9 Å². The summed E-state index contributed by atoms with van der Waals surface area (Å²) in [5.74, 6) is -0.324. The van der Waals surface area contributed by atoms with Crippen LogP contribution in [0.4, 0.5) is 0 Å². The zero-order valence-electron chi connectivity index (χ0n) is 11.3. The maximum absolute atomic E-state index is 12.0. The lowest BCUT2D eigenvalue weighted by Crippen LogP contribution is -2.10. The highest BCUT2D eigenvalue weighted by Gasteiger charge is 2.18. The van der Waals surface area contributed by atoms with Crippen LogP contribution in [0.2, 0.25) is 0 Å². The van der Waals surface area contributed by atoms with Crippen molar-refractivity contribution < 1.29 is 9.53 Å². The first kappa shape index (κ1) is 13.3. The van der Waals surface area contributed by atoms with Crippen molar-refractivity contribution in [1.82, 2.24) is 4.98 Å². The van der Waals surface area contributed by atoms with Gasteiger partial charge in [-0.25, -0.2) is 4.79 Å². The first-order chi connectivity index (χ1) is 9.19. The number of methoxy groups -OCH3 is 1. The van der Waals surface area contributed by atoms with E-state index < -0.39 is 0 Å². The van der Waals surface area contributed by atoms with Gasteiger partial charge in [-0.1, -0.05) is 24.3 Å². The molecule has 3 nitrogen and oxygen atoms in total. The zero-order chi connectivity index (χ0) is 13.8. The van der Waals surface area contributed by atoms with Crippen molar-refractivity contribution >= 4 is 16.9 Å². The number of carbonyl (C=O) groups excluding carboxylic acids is 1. The van der Waals surface area contributed by atoms with Crippen molar-refractivity contribution in [2.24, 2.45) is 0 Å². The summed E-state index contributed by atoms with van der Waals surface area (Å²) in [6, 6.07) is 7.86. The van der Waals surface area contributed by atoms with E-state index in [0.29, 0.717) is 11.3 Å². The quantitative estimate of drug-likeness (QED) is 0.620. The van der Waals surface area contributed by atoms with Crippen LogP contribution >= 0.6 is 0 Å². The zero-order valence-corrected chi connectivity index (χ0v) is 11.3. The molecule has 1 aromatic carbocycles. The van der Waals surface area contributed by atoms with Crippen LogP contribution < -0.4 is 0 Å². The Balaban J connectivity index is 2.73. The Morgan fingerprint density at radius 3 is 2.84 bits per heavy atom. The van der Waals surface area contributed by atoms with Crippen LogP contribution in [0, 0.1) is 6.92 Å². The number of allylic oxidation sites excluding steroid dienone is 1. The van der Waals surface area contributed by atoms with E-state index in [-0.39, 0.29) is 5.97 Å². The molecule has 0 saturated heterocycles. The number of nitrogens with zero attached hydrogens (tertiary/aromatic N) is 1. The van der Waals surface area contributed by atoms with Crippen molar-refractivity contribution in [3.8, 4) is 0 Å². The summed E-state index contributed by atoms with van der Waals surface area (Å²) in [7, 11) is 1.40. The predicted octanol–water partition coefficient (Wildman–Crippen LogP) is 3.45. The Morgan fingerprint density at radius 1 is 1.42 bits per heavy atom. The number of pyridine rings is 1. The summed E-state index contributed by atoms with van der Waals surface area (Å²) in [5, 5.41) is 1.01. The predicted molar refractivity (Wildman–Crippen MR) is 76.3 cm³/mol. The van der Waals surface area contributed by atoms with E-state index in [0.717, 1.165) is 29.3 Å². The highest BCUT2D eigenvalue weighted by atomic mass is 16.5. The summed E-state index contributed by atoms with van der Waals surface area (Å²) < 4.78 is 4.88. The third-order valence-electron chi connectivity index (χ3n) is 3.17. The molecule has 0 saturated carbocycles. The van der Waals surface area contributed by atoms with Gasteiger partial charge >= 0.3 is 5.97 Å². The average Bonchev–Trinajstić information content (AvgIpc) is 2.43. The minimum Gasteiger partial charge on any atom is -0.465 e. The Labute approximate surface area is 112 Å². The van der Waals surface area contributed by atoms with Gasteiger partial charge in [0, 0.05) is 5.39 Å². The summed E-state index contributed by atoms with van der Waals surface area (Å²) >= 11 is 0. The van der Waals surface area contributed by atoms with Gasteiger partial charge in [0.1, 0.15) is 0 Å². The third kappa shape index (κ3) is 2.50. The van der Waals surface area contributed by atoms with E-state index in [1.54, 1.807) is 0 Å². The molecule has 0 aliphatic carbocycles. The number of hydrogen-bond acceptors (Lipinski definition) is 3. The molecule has 0 aliphatic rings. The van der Waals surface area contributed by atoms with Crippen LogP contribution in [-0.2, 0) is 11.2 Å². The van der Waals surface area contributed by atoms with Crippen LogP contribution in [0.5, 0.6) is 0 Å². The van der Waals surface area contributed by atoms with E-state index in [1.807, 2.05) is 37.3 Å². The molecule has 98 valence electrons. The van der Waals surface area contributed by atoms with Crippen LogP contribution in [-0.4, -0.2) is 18.1 Å². The van der Waals surface area contributed by atoms with Gasteiger partial charge in [-0.05, 0) is 31.4 Å². The molecule has 0 spiro atoms. The van der Waals surface area contributed by atoms with Gasteiger partial charge in [0.15, 0.2) is 0 Å². The minimum absolute atomic E-state index is 0.324. The molecule has 0 amide bonds. The second-order valence-electron chi connectivity index (χ2n) is 4.39. The van der Waals surface area contributed by atoms with Gasteiger partial charge in [0.2, 0.25) is 0 Å². The lowest BCUT2D eigenvalue weighted by atomic mass is 9.97. The van der Waals surface area contributed by atoms with Gasteiger partial charge in [-0.3, -0.25) is 4.98 Å². The smallest absolute Gasteiger partial charge is 0.340 e. The minimum atomic E-state index is -0.324. The maximum atomic E-state index is 12.0. The maximum Gasteiger partial charge on any atom is 0.340 e. The number of rotatable bonds is 4. The molecule has 0 atom stereocenters. The van der Waals surface area contributed by atoms with Crippen LogP contribution in [0.3, 0.4) is 0 Å². The first-order valence-electron chi connectivity index (χ1n) is 6.26. The number of aromatic nitrogens is 1. The molecule has 0 fully saturated rings. The van der Waals surface area contributed by atoms with E-state index in [9.17, 15) is 4.79 Å². The number of ether oxygens (including phenoxy) is 1. The highest BCUT2D eigenvalue weighted by molar-refractivity contribution is 5.98. The van der Waals surface area contributed by atoms with Crippen molar-refractivity contribution in [1.29, 1.82) is 0 Å². The molecule has 1 aromatic heterocycles. The normalized spacial score (nSPS) is 10.4. The molecule has 2 aromatic rings. The fraction of sp³-hybridized carbons (Fsp3) is 0.250.